The molecule has 0 aromatic rings. The second-order valence-corrected chi connectivity index (χ2v) is 3.80. The number of unbranched alkanes of at least 4 members (excludes halogenated alkanes) is 1. The smallest absolute Gasteiger partial charge is 0.302 e. The summed E-state index contributed by atoms with van der Waals surface area (Å²) in [5.74, 6) is -0.251. The Morgan fingerprint density at radius 1 is 1.50 bits per heavy atom. The third-order valence-electron chi connectivity index (χ3n) is 1.80. The van der Waals surface area contributed by atoms with Crippen molar-refractivity contribution in [2.75, 3.05) is 6.61 Å². The van der Waals surface area contributed by atoms with Crippen LogP contribution in [-0.2, 0) is 9.53 Å². The van der Waals surface area contributed by atoms with Crippen LogP contribution in [-0.4, -0.2) is 18.1 Å². The van der Waals surface area contributed by atoms with Crippen LogP contribution in [0.15, 0.2) is 5.11 Å². The van der Waals surface area contributed by atoms with Crippen LogP contribution >= 0.6 is 0 Å². The van der Waals surface area contributed by atoms with Gasteiger partial charge in [0.05, 0.1) is 6.61 Å². The van der Waals surface area contributed by atoms with E-state index >= 15 is 0 Å². The van der Waals surface area contributed by atoms with E-state index in [0.29, 0.717) is 6.61 Å². The van der Waals surface area contributed by atoms with Crippen molar-refractivity contribution in [3.05, 3.63) is 10.4 Å². The fourth-order valence-corrected chi connectivity index (χ4v) is 1.05. The Labute approximate surface area is 84.1 Å². The Hall–Kier alpha value is -1.22. The molecule has 0 saturated carbocycles. The van der Waals surface area contributed by atoms with Crippen molar-refractivity contribution in [2.24, 2.45) is 5.11 Å². The Kier molecular flexibility index (Phi) is 5.72. The largest absolute Gasteiger partial charge is 0.466 e. The second-order valence-electron chi connectivity index (χ2n) is 3.80. The molecule has 0 N–H and O–H groups in total. The van der Waals surface area contributed by atoms with Gasteiger partial charge in [-0.3, -0.25) is 4.79 Å². The molecule has 0 radical (unpaired) electrons. The van der Waals surface area contributed by atoms with Gasteiger partial charge in [-0.15, -0.1) is 0 Å². The van der Waals surface area contributed by atoms with E-state index in [1.807, 2.05) is 13.8 Å². The normalized spacial score (nSPS) is 10.5. The Bertz CT molecular complexity index is 232. The molecule has 0 bridgehead atoms. The zero-order valence-corrected chi connectivity index (χ0v) is 8.99. The van der Waals surface area contributed by atoms with Gasteiger partial charge in [-0.05, 0) is 24.8 Å². The summed E-state index contributed by atoms with van der Waals surface area (Å²) in [7, 11) is 0. The van der Waals surface area contributed by atoms with Gasteiger partial charge in [-0.2, -0.15) is 0 Å². The molecule has 0 spiro atoms. The highest BCUT2D eigenvalue weighted by Crippen LogP contribution is 2.17. The summed E-state index contributed by atoms with van der Waals surface area (Å²) in [5.41, 5.74) is 7.92. The first kappa shape index (κ1) is 12.8. The van der Waals surface area contributed by atoms with E-state index in [0.717, 1.165) is 19.3 Å². The molecular formula is C9H17N3O2. The fourth-order valence-electron chi connectivity index (χ4n) is 1.05. The zero-order chi connectivity index (χ0) is 11.0. The lowest BCUT2D eigenvalue weighted by atomic mass is 9.99. The van der Waals surface area contributed by atoms with Crippen LogP contribution in [0.4, 0.5) is 0 Å². The molecule has 0 fully saturated rings. The van der Waals surface area contributed by atoms with Crippen LogP contribution in [0.25, 0.3) is 10.4 Å². The van der Waals surface area contributed by atoms with Crippen molar-refractivity contribution in [3.8, 4) is 0 Å². The first-order valence-corrected chi connectivity index (χ1v) is 4.67. The van der Waals surface area contributed by atoms with Crippen LogP contribution in [0.3, 0.4) is 0 Å². The standard InChI is InChI=1S/C9H17N3O2/c1-8(13)14-7-5-4-6-9(2,3)11-12-10/h4-7H2,1-3H3. The van der Waals surface area contributed by atoms with Crippen LogP contribution in [0.2, 0.25) is 0 Å². The number of esters is 1. The van der Waals surface area contributed by atoms with Gasteiger partial charge in [0.1, 0.15) is 0 Å². The summed E-state index contributed by atoms with van der Waals surface area (Å²) in [6.45, 7) is 5.61. The number of carbonyl (C=O) groups is 1. The van der Waals surface area contributed by atoms with Crippen molar-refractivity contribution in [3.63, 3.8) is 0 Å². The number of carbonyl (C=O) groups excluding carboxylic acids is 1. The van der Waals surface area contributed by atoms with Crippen LogP contribution in [0.5, 0.6) is 0 Å². The highest BCUT2D eigenvalue weighted by Gasteiger charge is 2.14. The number of ether oxygens (including phenoxy) is 1. The molecule has 0 heterocycles. The topological polar surface area (TPSA) is 75.1 Å². The van der Waals surface area contributed by atoms with Gasteiger partial charge in [-0.25, -0.2) is 0 Å². The van der Waals surface area contributed by atoms with Crippen molar-refractivity contribution in [1.29, 1.82) is 0 Å². The van der Waals surface area contributed by atoms with Gasteiger partial charge in [-0.1, -0.05) is 19.0 Å². The molecule has 5 heteroatoms. The highest BCUT2D eigenvalue weighted by molar-refractivity contribution is 5.65. The molecule has 0 atom stereocenters. The number of hydrogen-bond donors (Lipinski definition) is 0. The number of nitrogens with zero attached hydrogens (tertiary/aromatic N) is 3. The average Bonchev–Trinajstić information content (AvgIpc) is 2.02. The number of rotatable bonds is 6. The zero-order valence-electron chi connectivity index (χ0n) is 8.99. The van der Waals surface area contributed by atoms with Crippen molar-refractivity contribution >= 4 is 5.97 Å². The van der Waals surface area contributed by atoms with Gasteiger partial charge >= 0.3 is 5.97 Å². The maximum Gasteiger partial charge on any atom is 0.302 e. The van der Waals surface area contributed by atoms with Crippen molar-refractivity contribution in [2.45, 2.75) is 45.6 Å². The van der Waals surface area contributed by atoms with E-state index < -0.39 is 0 Å². The van der Waals surface area contributed by atoms with E-state index in [1.165, 1.54) is 6.92 Å². The molecule has 14 heavy (non-hydrogen) atoms. The van der Waals surface area contributed by atoms with Gasteiger partial charge in [0.25, 0.3) is 0 Å². The minimum absolute atomic E-state index is 0.251. The fraction of sp³-hybridized carbons (Fsp3) is 0.889. The second kappa shape index (κ2) is 6.27. The monoisotopic (exact) mass is 199 g/mol. The van der Waals surface area contributed by atoms with Gasteiger partial charge in [0.2, 0.25) is 0 Å². The summed E-state index contributed by atoms with van der Waals surface area (Å²) in [5, 5.41) is 3.66. The van der Waals surface area contributed by atoms with E-state index in [2.05, 4.69) is 10.0 Å². The summed E-state index contributed by atoms with van der Waals surface area (Å²) < 4.78 is 4.77. The van der Waals surface area contributed by atoms with E-state index in [-0.39, 0.29) is 11.5 Å². The summed E-state index contributed by atoms with van der Waals surface area (Å²) in [4.78, 5) is 13.2. The molecular weight excluding hydrogens is 182 g/mol. The highest BCUT2D eigenvalue weighted by atomic mass is 16.5. The predicted octanol–water partition coefficient (Wildman–Crippen LogP) is 2.81. The molecule has 0 unspecified atom stereocenters. The maximum absolute atomic E-state index is 10.4. The maximum atomic E-state index is 10.4. The Balaban J connectivity index is 3.53. The summed E-state index contributed by atoms with van der Waals surface area (Å²) in [6, 6.07) is 0. The quantitative estimate of drug-likeness (QED) is 0.217. The minimum Gasteiger partial charge on any atom is -0.466 e. The lowest BCUT2D eigenvalue weighted by molar-refractivity contribution is -0.141. The summed E-state index contributed by atoms with van der Waals surface area (Å²) >= 11 is 0. The predicted molar refractivity (Wildman–Crippen MR) is 53.7 cm³/mol. The van der Waals surface area contributed by atoms with Crippen LogP contribution in [0, 0.1) is 0 Å². The first-order valence-electron chi connectivity index (χ1n) is 4.67. The van der Waals surface area contributed by atoms with Crippen LogP contribution in [0.1, 0.15) is 40.0 Å². The Morgan fingerprint density at radius 3 is 2.64 bits per heavy atom. The number of hydrogen-bond acceptors (Lipinski definition) is 3. The number of azide groups is 1. The average molecular weight is 199 g/mol. The molecule has 0 rings (SSSR count). The Morgan fingerprint density at radius 2 is 2.14 bits per heavy atom. The SMILES string of the molecule is CC(=O)OCCCCC(C)(C)N=[N+]=[N-]. The third kappa shape index (κ3) is 7.43. The lowest BCUT2D eigenvalue weighted by Gasteiger charge is -2.16. The molecule has 5 nitrogen and oxygen atoms in total. The molecule has 0 aliphatic heterocycles. The molecule has 0 amide bonds. The molecule has 0 saturated heterocycles. The van der Waals surface area contributed by atoms with E-state index in [1.54, 1.807) is 0 Å². The van der Waals surface area contributed by atoms with Gasteiger partial charge in [0.15, 0.2) is 0 Å². The molecule has 0 aliphatic rings. The van der Waals surface area contributed by atoms with Gasteiger partial charge in [0, 0.05) is 17.4 Å². The third-order valence-corrected chi connectivity index (χ3v) is 1.80. The van der Waals surface area contributed by atoms with Gasteiger partial charge < -0.3 is 4.74 Å². The van der Waals surface area contributed by atoms with E-state index in [4.69, 9.17) is 10.3 Å². The minimum atomic E-state index is -0.342. The lowest BCUT2D eigenvalue weighted by Crippen LogP contribution is -2.15. The summed E-state index contributed by atoms with van der Waals surface area (Å²) in [6.07, 6.45) is 2.50. The molecule has 0 aromatic heterocycles. The molecule has 80 valence electrons. The molecule has 0 aromatic carbocycles. The van der Waals surface area contributed by atoms with Crippen LogP contribution < -0.4 is 0 Å². The van der Waals surface area contributed by atoms with E-state index in [9.17, 15) is 4.79 Å². The van der Waals surface area contributed by atoms with Crippen molar-refractivity contribution in [1.82, 2.24) is 0 Å². The van der Waals surface area contributed by atoms with Crippen molar-refractivity contribution < 1.29 is 9.53 Å². The molecule has 0 aliphatic carbocycles. The first-order chi connectivity index (χ1) is 6.48.